The summed E-state index contributed by atoms with van der Waals surface area (Å²) < 4.78 is 62.0. The fourth-order valence-corrected chi connectivity index (χ4v) is 5.86. The number of carbonyl (C=O) groups excluding carboxylic acids is 1. The lowest BCUT2D eigenvalue weighted by molar-refractivity contribution is -0.137. The minimum Gasteiger partial charge on any atom is -0.294 e. The fourth-order valence-electron chi connectivity index (χ4n) is 3.39. The molecule has 8 heteroatoms. The first kappa shape index (κ1) is 15.5. The number of hydrogen-bond acceptors (Lipinski definition) is 4. The van der Waals surface area contributed by atoms with Gasteiger partial charge in [0.1, 0.15) is 0 Å². The second-order valence-electron chi connectivity index (χ2n) is 5.90. The molecular formula is C14H14F3NO3S. The van der Waals surface area contributed by atoms with Crippen molar-refractivity contribution in [3.63, 3.8) is 0 Å². The molecule has 0 saturated carbocycles. The molecule has 1 aromatic rings. The molecule has 4 nitrogen and oxygen atoms in total. The van der Waals surface area contributed by atoms with Crippen molar-refractivity contribution in [2.24, 2.45) is 5.92 Å². The van der Waals surface area contributed by atoms with Crippen LogP contribution >= 0.6 is 0 Å². The van der Waals surface area contributed by atoms with Crippen LogP contribution in [0.2, 0.25) is 0 Å². The molecule has 0 radical (unpaired) electrons. The standard InChI is InChI=1S/C14H14F3NO3S/c15-14(16,17)10-3-9(6-18-7-10)13(19)8-4-11-1-2-12(5-8)22(11,20)21/h3,6-8,11-12H,1-2,4-5H2. The average molecular weight is 333 g/mol. The van der Waals surface area contributed by atoms with Crippen LogP contribution in [0.1, 0.15) is 41.6 Å². The van der Waals surface area contributed by atoms with E-state index < -0.39 is 43.8 Å². The van der Waals surface area contributed by atoms with E-state index in [-0.39, 0.29) is 18.4 Å². The number of fused-ring (bicyclic) bond motifs is 2. The zero-order chi connectivity index (χ0) is 16.1. The smallest absolute Gasteiger partial charge is 0.294 e. The summed E-state index contributed by atoms with van der Waals surface area (Å²) in [6.07, 6.45) is -1.29. The van der Waals surface area contributed by atoms with Crippen LogP contribution < -0.4 is 0 Å². The molecule has 3 rings (SSSR count). The number of aromatic nitrogens is 1. The van der Waals surface area contributed by atoms with E-state index in [2.05, 4.69) is 4.98 Å². The molecule has 0 aliphatic carbocycles. The molecule has 0 aromatic carbocycles. The Morgan fingerprint density at radius 2 is 1.73 bits per heavy atom. The predicted octanol–water partition coefficient (Wildman–Crippen LogP) is 2.64. The Bertz CT molecular complexity index is 694. The van der Waals surface area contributed by atoms with Crippen LogP contribution in [0.5, 0.6) is 0 Å². The van der Waals surface area contributed by atoms with Gasteiger partial charge in [0.05, 0.1) is 16.1 Å². The number of sulfone groups is 1. The van der Waals surface area contributed by atoms with Crippen LogP contribution in [0, 0.1) is 5.92 Å². The first-order chi connectivity index (χ1) is 10.2. The predicted molar refractivity (Wildman–Crippen MR) is 72.0 cm³/mol. The number of hydrogen-bond donors (Lipinski definition) is 0. The largest absolute Gasteiger partial charge is 0.417 e. The van der Waals surface area contributed by atoms with Gasteiger partial charge in [0.15, 0.2) is 15.6 Å². The monoisotopic (exact) mass is 333 g/mol. The van der Waals surface area contributed by atoms with Crippen LogP contribution in [-0.2, 0) is 16.0 Å². The van der Waals surface area contributed by atoms with Crippen LogP contribution in [0.15, 0.2) is 18.5 Å². The van der Waals surface area contributed by atoms with Crippen molar-refractivity contribution in [2.75, 3.05) is 0 Å². The van der Waals surface area contributed by atoms with Crippen molar-refractivity contribution in [1.82, 2.24) is 4.98 Å². The Morgan fingerprint density at radius 3 is 2.27 bits per heavy atom. The van der Waals surface area contributed by atoms with Gasteiger partial charge in [-0.25, -0.2) is 8.42 Å². The lowest BCUT2D eigenvalue weighted by Gasteiger charge is -2.27. The van der Waals surface area contributed by atoms with Gasteiger partial charge in [-0.05, 0) is 31.7 Å². The summed E-state index contributed by atoms with van der Waals surface area (Å²) in [5, 5.41) is -1.06. The average Bonchev–Trinajstić information content (AvgIpc) is 2.66. The van der Waals surface area contributed by atoms with Gasteiger partial charge in [0, 0.05) is 23.9 Å². The van der Waals surface area contributed by atoms with Crippen molar-refractivity contribution in [3.8, 4) is 0 Å². The Balaban J connectivity index is 1.84. The Labute approximate surface area is 125 Å². The molecule has 2 aliphatic rings. The summed E-state index contributed by atoms with van der Waals surface area (Å²) in [7, 11) is -3.16. The number of Topliss-reactive ketones (excluding diaryl/α,β-unsaturated/α-hetero) is 1. The third-order valence-electron chi connectivity index (χ3n) is 4.56. The summed E-state index contributed by atoms with van der Waals surface area (Å²) in [6, 6.07) is 0.792. The molecule has 2 aliphatic heterocycles. The molecule has 0 amide bonds. The van der Waals surface area contributed by atoms with Gasteiger partial charge < -0.3 is 0 Å². The Morgan fingerprint density at radius 1 is 1.14 bits per heavy atom. The quantitative estimate of drug-likeness (QED) is 0.781. The highest BCUT2D eigenvalue weighted by Crippen LogP contribution is 2.42. The third kappa shape index (κ3) is 2.53. The molecule has 22 heavy (non-hydrogen) atoms. The van der Waals surface area contributed by atoms with E-state index in [9.17, 15) is 26.4 Å². The van der Waals surface area contributed by atoms with Crippen molar-refractivity contribution >= 4 is 15.6 Å². The van der Waals surface area contributed by atoms with Crippen LogP contribution in [0.3, 0.4) is 0 Å². The molecular weight excluding hydrogens is 319 g/mol. The Kier molecular flexibility index (Phi) is 3.54. The molecule has 1 aromatic heterocycles. The van der Waals surface area contributed by atoms with E-state index >= 15 is 0 Å². The number of rotatable bonds is 2. The second-order valence-corrected chi connectivity index (χ2v) is 8.41. The summed E-state index contributed by atoms with van der Waals surface area (Å²) in [5.74, 6) is -0.975. The number of ketones is 1. The van der Waals surface area contributed by atoms with Gasteiger partial charge in [-0.3, -0.25) is 9.78 Å². The molecule has 2 saturated heterocycles. The number of halogens is 3. The van der Waals surface area contributed by atoms with E-state index in [1.807, 2.05) is 0 Å². The molecule has 0 spiro atoms. The third-order valence-corrected chi connectivity index (χ3v) is 7.27. The second kappa shape index (κ2) is 5.04. The van der Waals surface area contributed by atoms with E-state index in [1.54, 1.807) is 0 Å². The molecule has 3 heterocycles. The maximum Gasteiger partial charge on any atom is 0.417 e. The van der Waals surface area contributed by atoms with E-state index in [4.69, 9.17) is 0 Å². The fraction of sp³-hybridized carbons (Fsp3) is 0.571. The van der Waals surface area contributed by atoms with Gasteiger partial charge in [-0.15, -0.1) is 0 Å². The van der Waals surface area contributed by atoms with E-state index in [0.717, 1.165) is 12.3 Å². The number of carbonyl (C=O) groups is 1. The lowest BCUT2D eigenvalue weighted by Crippen LogP contribution is -2.36. The molecule has 2 bridgehead atoms. The topological polar surface area (TPSA) is 64.1 Å². The van der Waals surface area contributed by atoms with Crippen molar-refractivity contribution in [3.05, 3.63) is 29.6 Å². The molecule has 2 unspecified atom stereocenters. The van der Waals surface area contributed by atoms with Crippen LogP contribution in [0.25, 0.3) is 0 Å². The Hall–Kier alpha value is -1.44. The first-order valence-electron chi connectivity index (χ1n) is 6.99. The summed E-state index contributed by atoms with van der Waals surface area (Å²) in [4.78, 5) is 15.9. The molecule has 120 valence electrons. The zero-order valence-electron chi connectivity index (χ0n) is 11.5. The van der Waals surface area contributed by atoms with E-state index in [0.29, 0.717) is 19.0 Å². The maximum absolute atomic E-state index is 12.7. The van der Waals surface area contributed by atoms with E-state index in [1.165, 1.54) is 0 Å². The lowest BCUT2D eigenvalue weighted by atomic mass is 9.90. The molecule has 0 N–H and O–H groups in total. The SMILES string of the molecule is O=C(c1cncc(C(F)(F)F)c1)C1CC2CCC(C1)S2(=O)=O. The van der Waals surface area contributed by atoms with Crippen LogP contribution in [-0.4, -0.2) is 29.7 Å². The van der Waals surface area contributed by atoms with Gasteiger partial charge in [0.25, 0.3) is 0 Å². The maximum atomic E-state index is 12.7. The highest BCUT2D eigenvalue weighted by atomic mass is 32.2. The zero-order valence-corrected chi connectivity index (χ0v) is 12.3. The minimum atomic E-state index is -4.56. The van der Waals surface area contributed by atoms with Gasteiger partial charge >= 0.3 is 6.18 Å². The van der Waals surface area contributed by atoms with Gasteiger partial charge in [-0.2, -0.15) is 13.2 Å². The number of nitrogens with zero attached hydrogens (tertiary/aromatic N) is 1. The summed E-state index contributed by atoms with van der Waals surface area (Å²) in [5.41, 5.74) is -1.07. The normalized spacial score (nSPS) is 30.2. The summed E-state index contributed by atoms with van der Waals surface area (Å²) >= 11 is 0. The number of pyridine rings is 1. The van der Waals surface area contributed by atoms with Crippen LogP contribution in [0.4, 0.5) is 13.2 Å². The summed E-state index contributed by atoms with van der Waals surface area (Å²) in [6.45, 7) is 0. The van der Waals surface area contributed by atoms with Crippen molar-refractivity contribution in [2.45, 2.75) is 42.4 Å². The number of alkyl halides is 3. The first-order valence-corrected chi connectivity index (χ1v) is 8.59. The van der Waals surface area contributed by atoms with Crippen molar-refractivity contribution < 1.29 is 26.4 Å². The molecule has 2 fully saturated rings. The van der Waals surface area contributed by atoms with Gasteiger partial charge in [0.2, 0.25) is 0 Å². The van der Waals surface area contributed by atoms with Crippen molar-refractivity contribution in [1.29, 1.82) is 0 Å². The highest BCUT2D eigenvalue weighted by Gasteiger charge is 2.48. The minimum absolute atomic E-state index is 0.0986. The van der Waals surface area contributed by atoms with Gasteiger partial charge in [-0.1, -0.05) is 0 Å². The highest BCUT2D eigenvalue weighted by molar-refractivity contribution is 7.93. The molecule has 2 atom stereocenters.